The monoisotopic (exact) mass is 571 g/mol. The van der Waals surface area contributed by atoms with Crippen molar-refractivity contribution in [1.29, 1.82) is 0 Å². The standard InChI is InChI=1S/C42H37NO/c1-41(2)22-23-42(3,4)37-26-30-24-29(19-18-28(30)25-36(37)41)33-14-8-10-16-38(33)43(31-12-6-5-7-13-31)32-20-21-40-35(27-32)34-15-9-11-17-39(34)44-40/h5-21,24-27H,22-23H2,1-4H3. The third kappa shape index (κ3) is 4.32. The maximum atomic E-state index is 6.18. The van der Waals surface area contributed by atoms with Gasteiger partial charge in [0, 0.05) is 27.7 Å². The minimum absolute atomic E-state index is 0.174. The van der Waals surface area contributed by atoms with Crippen LogP contribution in [0.15, 0.2) is 132 Å². The number of anilines is 3. The summed E-state index contributed by atoms with van der Waals surface area (Å²) in [4.78, 5) is 2.37. The predicted molar refractivity (Wildman–Crippen MR) is 187 cm³/mol. The van der Waals surface area contributed by atoms with Crippen LogP contribution in [0.2, 0.25) is 0 Å². The van der Waals surface area contributed by atoms with E-state index < -0.39 is 0 Å². The van der Waals surface area contributed by atoms with Crippen LogP contribution in [0.4, 0.5) is 17.1 Å². The fourth-order valence-corrected chi connectivity index (χ4v) is 7.25. The van der Waals surface area contributed by atoms with Gasteiger partial charge in [0.1, 0.15) is 11.2 Å². The van der Waals surface area contributed by atoms with Gasteiger partial charge in [-0.1, -0.05) is 107 Å². The van der Waals surface area contributed by atoms with Gasteiger partial charge in [0.25, 0.3) is 0 Å². The van der Waals surface area contributed by atoms with Gasteiger partial charge < -0.3 is 9.32 Å². The van der Waals surface area contributed by atoms with Crippen molar-refractivity contribution in [1.82, 2.24) is 0 Å². The first-order chi connectivity index (χ1) is 21.3. The van der Waals surface area contributed by atoms with E-state index in [0.717, 1.165) is 39.0 Å². The highest BCUT2D eigenvalue weighted by molar-refractivity contribution is 6.07. The topological polar surface area (TPSA) is 16.4 Å². The summed E-state index contributed by atoms with van der Waals surface area (Å²) in [6.07, 6.45) is 2.43. The Labute approximate surface area is 259 Å². The zero-order valence-corrected chi connectivity index (χ0v) is 25.9. The normalized spacial score (nSPS) is 15.5. The molecule has 0 amide bonds. The van der Waals surface area contributed by atoms with Gasteiger partial charge in [-0.05, 0) is 99.7 Å². The first-order valence-electron chi connectivity index (χ1n) is 15.7. The molecule has 1 heterocycles. The Balaban J connectivity index is 1.31. The van der Waals surface area contributed by atoms with Crippen LogP contribution in [-0.2, 0) is 10.8 Å². The average molecular weight is 572 g/mol. The minimum atomic E-state index is 0.174. The summed E-state index contributed by atoms with van der Waals surface area (Å²) in [6.45, 7) is 9.62. The Hall–Kier alpha value is -4.82. The van der Waals surface area contributed by atoms with E-state index in [-0.39, 0.29) is 10.8 Å². The number of hydrogen-bond donors (Lipinski definition) is 0. The molecule has 0 radical (unpaired) electrons. The SMILES string of the molecule is CC1(C)CCC(C)(C)c2cc3cc(-c4ccccc4N(c4ccccc4)c4ccc5oc6ccccc6c5c4)ccc3cc21. The van der Waals surface area contributed by atoms with Crippen molar-refractivity contribution < 1.29 is 4.42 Å². The highest BCUT2D eigenvalue weighted by Crippen LogP contribution is 2.48. The quantitative estimate of drug-likeness (QED) is 0.209. The summed E-state index contributed by atoms with van der Waals surface area (Å²) in [5, 5.41) is 4.87. The smallest absolute Gasteiger partial charge is 0.135 e. The number of nitrogens with zero attached hydrogens (tertiary/aromatic N) is 1. The van der Waals surface area contributed by atoms with Crippen molar-refractivity contribution in [3.8, 4) is 11.1 Å². The molecule has 0 saturated heterocycles. The maximum Gasteiger partial charge on any atom is 0.135 e. The molecule has 216 valence electrons. The number of fused-ring (bicyclic) bond motifs is 5. The molecule has 0 unspecified atom stereocenters. The molecule has 0 atom stereocenters. The molecule has 7 aromatic rings. The van der Waals surface area contributed by atoms with Crippen LogP contribution in [0, 0.1) is 0 Å². The van der Waals surface area contributed by atoms with Gasteiger partial charge in [0.05, 0.1) is 5.69 Å². The molecule has 0 fully saturated rings. The Morgan fingerprint density at radius 2 is 1.18 bits per heavy atom. The Kier molecular flexibility index (Phi) is 6.00. The van der Waals surface area contributed by atoms with Crippen molar-refractivity contribution in [3.63, 3.8) is 0 Å². The molecule has 6 aromatic carbocycles. The fraction of sp³-hybridized carbons (Fsp3) is 0.190. The summed E-state index contributed by atoms with van der Waals surface area (Å²) >= 11 is 0. The number of rotatable bonds is 4. The maximum absolute atomic E-state index is 6.18. The van der Waals surface area contributed by atoms with Crippen LogP contribution in [0.1, 0.15) is 51.7 Å². The van der Waals surface area contributed by atoms with Gasteiger partial charge in [-0.2, -0.15) is 0 Å². The van der Waals surface area contributed by atoms with Gasteiger partial charge in [0.2, 0.25) is 0 Å². The third-order valence-corrected chi connectivity index (χ3v) is 9.90. The van der Waals surface area contributed by atoms with Crippen molar-refractivity contribution >= 4 is 49.8 Å². The highest BCUT2D eigenvalue weighted by atomic mass is 16.3. The average Bonchev–Trinajstić information content (AvgIpc) is 3.42. The van der Waals surface area contributed by atoms with Crippen LogP contribution in [0.5, 0.6) is 0 Å². The first-order valence-corrected chi connectivity index (χ1v) is 15.7. The summed E-state index contributed by atoms with van der Waals surface area (Å²) in [7, 11) is 0. The summed E-state index contributed by atoms with van der Waals surface area (Å²) in [5.41, 5.74) is 11.0. The second-order valence-electron chi connectivity index (χ2n) is 13.7. The number of hydrogen-bond acceptors (Lipinski definition) is 2. The second-order valence-corrected chi connectivity index (χ2v) is 13.7. The van der Waals surface area contributed by atoms with Gasteiger partial charge in [-0.25, -0.2) is 0 Å². The minimum Gasteiger partial charge on any atom is -0.456 e. The number of furan rings is 1. The van der Waals surface area contributed by atoms with Crippen LogP contribution in [0.3, 0.4) is 0 Å². The molecule has 2 nitrogen and oxygen atoms in total. The van der Waals surface area contributed by atoms with Crippen molar-refractivity contribution in [2.45, 2.75) is 51.4 Å². The van der Waals surface area contributed by atoms with Gasteiger partial charge in [-0.3, -0.25) is 0 Å². The summed E-state index contributed by atoms with van der Waals surface area (Å²) < 4.78 is 6.18. The van der Waals surface area contributed by atoms with Crippen LogP contribution < -0.4 is 4.90 Å². The van der Waals surface area contributed by atoms with E-state index in [2.05, 4.69) is 148 Å². The van der Waals surface area contributed by atoms with E-state index in [0.29, 0.717) is 0 Å². The molecule has 1 aromatic heterocycles. The lowest BCUT2D eigenvalue weighted by Gasteiger charge is -2.42. The van der Waals surface area contributed by atoms with Gasteiger partial charge in [-0.15, -0.1) is 0 Å². The molecule has 8 rings (SSSR count). The van der Waals surface area contributed by atoms with E-state index in [9.17, 15) is 0 Å². The van der Waals surface area contributed by atoms with E-state index >= 15 is 0 Å². The lowest BCUT2D eigenvalue weighted by molar-refractivity contribution is 0.332. The molecule has 44 heavy (non-hydrogen) atoms. The number of para-hydroxylation sites is 3. The number of benzene rings is 6. The molecule has 0 spiro atoms. The van der Waals surface area contributed by atoms with Crippen molar-refractivity contribution in [2.24, 2.45) is 0 Å². The van der Waals surface area contributed by atoms with Gasteiger partial charge >= 0.3 is 0 Å². The molecule has 1 aliphatic rings. The van der Waals surface area contributed by atoms with Gasteiger partial charge in [0.15, 0.2) is 0 Å². The van der Waals surface area contributed by atoms with Crippen molar-refractivity contribution in [3.05, 3.63) is 139 Å². The van der Waals surface area contributed by atoms with Crippen LogP contribution in [0.25, 0.3) is 43.8 Å². The molecule has 2 heteroatoms. The third-order valence-electron chi connectivity index (χ3n) is 9.90. The van der Waals surface area contributed by atoms with E-state index in [4.69, 9.17) is 4.42 Å². The Morgan fingerprint density at radius 1 is 0.523 bits per heavy atom. The molecular formula is C42H37NO. The Morgan fingerprint density at radius 3 is 1.98 bits per heavy atom. The zero-order valence-electron chi connectivity index (χ0n) is 25.9. The van der Waals surface area contributed by atoms with Crippen LogP contribution in [-0.4, -0.2) is 0 Å². The first kappa shape index (κ1) is 26.8. The Bertz CT molecular complexity index is 2180. The molecule has 0 bridgehead atoms. The van der Waals surface area contributed by atoms with E-state index in [1.54, 1.807) is 0 Å². The van der Waals surface area contributed by atoms with Crippen LogP contribution >= 0.6 is 0 Å². The lowest BCUT2D eigenvalue weighted by Crippen LogP contribution is -2.33. The molecular weight excluding hydrogens is 534 g/mol. The molecule has 1 aliphatic carbocycles. The molecule has 0 saturated carbocycles. The van der Waals surface area contributed by atoms with E-state index in [1.165, 1.54) is 45.9 Å². The van der Waals surface area contributed by atoms with E-state index in [1.807, 2.05) is 12.1 Å². The summed E-state index contributed by atoms with van der Waals surface area (Å²) in [6, 6.07) is 46.2. The lowest BCUT2D eigenvalue weighted by atomic mass is 9.63. The fourth-order valence-electron chi connectivity index (χ4n) is 7.25. The molecule has 0 aliphatic heterocycles. The van der Waals surface area contributed by atoms with Crippen molar-refractivity contribution in [2.75, 3.05) is 4.90 Å². The molecule has 0 N–H and O–H groups in total. The summed E-state index contributed by atoms with van der Waals surface area (Å²) in [5.74, 6) is 0. The highest BCUT2D eigenvalue weighted by Gasteiger charge is 2.37. The second kappa shape index (κ2) is 9.86. The predicted octanol–water partition coefficient (Wildman–Crippen LogP) is 12.2. The largest absolute Gasteiger partial charge is 0.456 e. The zero-order chi connectivity index (χ0) is 30.1.